The lowest BCUT2D eigenvalue weighted by Crippen LogP contribution is -2.14. The summed E-state index contributed by atoms with van der Waals surface area (Å²) in [5.41, 5.74) is 3.80. The van der Waals surface area contributed by atoms with Crippen LogP contribution in [0.3, 0.4) is 0 Å². The third-order valence-electron chi connectivity index (χ3n) is 3.87. The van der Waals surface area contributed by atoms with Crippen molar-refractivity contribution in [1.82, 2.24) is 9.55 Å². The van der Waals surface area contributed by atoms with Crippen LogP contribution in [-0.2, 0) is 18.5 Å². The summed E-state index contributed by atoms with van der Waals surface area (Å²) in [5, 5.41) is 4.21. The Hall–Kier alpha value is -3.08. The maximum atomic E-state index is 5.97. The summed E-state index contributed by atoms with van der Waals surface area (Å²) in [4.78, 5) is 9.46. The first-order valence-corrected chi connectivity index (χ1v) is 8.05. The highest BCUT2D eigenvalue weighted by molar-refractivity contribution is 6.11. The van der Waals surface area contributed by atoms with Crippen LogP contribution in [0.15, 0.2) is 66.1 Å². The van der Waals surface area contributed by atoms with E-state index in [1.165, 1.54) is 12.7 Å². The van der Waals surface area contributed by atoms with Gasteiger partial charge in [0.2, 0.25) is 0 Å². The normalized spacial score (nSPS) is 11.4. The topological polar surface area (TPSA) is 48.6 Å². The van der Waals surface area contributed by atoms with Gasteiger partial charge in [-0.1, -0.05) is 41.6 Å². The molecule has 0 spiro atoms. The first-order valence-electron chi connectivity index (χ1n) is 8.05. The van der Waals surface area contributed by atoms with Crippen molar-refractivity contribution in [1.29, 1.82) is 0 Å². The van der Waals surface area contributed by atoms with Crippen molar-refractivity contribution >= 4 is 5.71 Å². The number of oxime groups is 1. The lowest BCUT2D eigenvalue weighted by atomic mass is 10.0. The van der Waals surface area contributed by atoms with E-state index < -0.39 is 0 Å². The third kappa shape index (κ3) is 3.88. The molecule has 0 aliphatic carbocycles. The third-order valence-corrected chi connectivity index (χ3v) is 3.87. The molecule has 0 radical (unpaired) electrons. The molecular weight excluding hydrogens is 314 g/mol. The lowest BCUT2D eigenvalue weighted by molar-refractivity contribution is 0.213. The van der Waals surface area contributed by atoms with E-state index in [1.807, 2.05) is 73.3 Å². The van der Waals surface area contributed by atoms with Crippen LogP contribution in [0, 0.1) is 6.92 Å². The quantitative estimate of drug-likeness (QED) is 0.510. The second-order valence-corrected chi connectivity index (χ2v) is 5.75. The lowest BCUT2D eigenvalue weighted by Gasteiger charge is -2.13. The number of hydrogen-bond donors (Lipinski definition) is 0. The SMILES string of the molecule is CO/N=C(\c1ccccc1COc1cccc(C)c1)c1nccn1C. The van der Waals surface area contributed by atoms with E-state index in [2.05, 4.69) is 10.1 Å². The molecule has 0 bridgehead atoms. The molecule has 5 nitrogen and oxygen atoms in total. The van der Waals surface area contributed by atoms with Crippen molar-refractivity contribution in [2.24, 2.45) is 12.2 Å². The molecule has 1 heterocycles. The Morgan fingerprint density at radius 2 is 2.00 bits per heavy atom. The standard InChI is InChI=1S/C20H21N3O2/c1-15-7-6-9-17(13-15)25-14-16-8-4-5-10-18(16)19(22-24-3)20-21-11-12-23(20)2/h4-13H,14H2,1-3H3/b22-19+. The molecule has 0 amide bonds. The molecule has 0 unspecified atom stereocenters. The Morgan fingerprint density at radius 1 is 1.16 bits per heavy atom. The maximum Gasteiger partial charge on any atom is 0.162 e. The molecule has 0 N–H and O–H groups in total. The van der Waals surface area contributed by atoms with E-state index >= 15 is 0 Å². The largest absolute Gasteiger partial charge is 0.489 e. The van der Waals surface area contributed by atoms with Crippen molar-refractivity contribution in [2.45, 2.75) is 13.5 Å². The van der Waals surface area contributed by atoms with Gasteiger partial charge in [-0.3, -0.25) is 0 Å². The first-order chi connectivity index (χ1) is 12.2. The molecule has 2 aromatic carbocycles. The van der Waals surface area contributed by atoms with E-state index in [9.17, 15) is 0 Å². The zero-order valence-corrected chi connectivity index (χ0v) is 14.6. The van der Waals surface area contributed by atoms with Gasteiger partial charge in [0.1, 0.15) is 19.5 Å². The van der Waals surface area contributed by atoms with Gasteiger partial charge in [0.25, 0.3) is 0 Å². The van der Waals surface area contributed by atoms with Crippen molar-refractivity contribution < 1.29 is 9.57 Å². The van der Waals surface area contributed by atoms with E-state index in [0.29, 0.717) is 12.3 Å². The van der Waals surface area contributed by atoms with Gasteiger partial charge < -0.3 is 14.1 Å². The van der Waals surface area contributed by atoms with Crippen molar-refractivity contribution in [3.8, 4) is 5.75 Å². The number of nitrogens with zero attached hydrogens (tertiary/aromatic N) is 3. The van der Waals surface area contributed by atoms with E-state index in [-0.39, 0.29) is 0 Å². The Labute approximate surface area is 147 Å². The minimum Gasteiger partial charge on any atom is -0.489 e. The van der Waals surface area contributed by atoms with Crippen LogP contribution in [-0.4, -0.2) is 22.4 Å². The van der Waals surface area contributed by atoms with E-state index in [1.54, 1.807) is 6.20 Å². The number of rotatable bonds is 6. The monoisotopic (exact) mass is 335 g/mol. The summed E-state index contributed by atoms with van der Waals surface area (Å²) in [6.45, 7) is 2.48. The number of hydrogen-bond acceptors (Lipinski definition) is 4. The summed E-state index contributed by atoms with van der Waals surface area (Å²) in [6.07, 6.45) is 3.62. The van der Waals surface area contributed by atoms with Gasteiger partial charge in [-0.05, 0) is 30.2 Å². The maximum absolute atomic E-state index is 5.97. The van der Waals surface area contributed by atoms with Gasteiger partial charge in [0, 0.05) is 25.0 Å². The molecule has 25 heavy (non-hydrogen) atoms. The minimum absolute atomic E-state index is 0.437. The molecule has 3 rings (SSSR count). The average Bonchev–Trinajstić information content (AvgIpc) is 3.04. The highest BCUT2D eigenvalue weighted by Gasteiger charge is 2.16. The molecule has 128 valence electrons. The summed E-state index contributed by atoms with van der Waals surface area (Å²) < 4.78 is 7.88. The zero-order valence-electron chi connectivity index (χ0n) is 14.6. The molecule has 0 saturated heterocycles. The van der Waals surface area contributed by atoms with Crippen molar-refractivity contribution in [3.05, 3.63) is 83.4 Å². The van der Waals surface area contributed by atoms with Crippen molar-refractivity contribution in [2.75, 3.05) is 7.11 Å². The second-order valence-electron chi connectivity index (χ2n) is 5.75. The van der Waals surface area contributed by atoms with Crippen LogP contribution in [0.4, 0.5) is 0 Å². The molecule has 0 aliphatic heterocycles. The fourth-order valence-corrected chi connectivity index (χ4v) is 2.64. The number of aryl methyl sites for hydroxylation is 2. The summed E-state index contributed by atoms with van der Waals surface area (Å²) in [7, 11) is 3.47. The average molecular weight is 335 g/mol. The van der Waals surface area contributed by atoms with Crippen molar-refractivity contribution in [3.63, 3.8) is 0 Å². The number of benzene rings is 2. The van der Waals surface area contributed by atoms with Gasteiger partial charge in [-0.25, -0.2) is 4.98 Å². The summed E-state index contributed by atoms with van der Waals surface area (Å²) in [6, 6.07) is 16.0. The molecule has 5 heteroatoms. The van der Waals surface area contributed by atoms with Crippen LogP contribution in [0.25, 0.3) is 0 Å². The molecule has 0 atom stereocenters. The predicted molar refractivity (Wildman–Crippen MR) is 97.8 cm³/mol. The Kier molecular flexibility index (Phi) is 5.14. The van der Waals surface area contributed by atoms with E-state index in [0.717, 1.165) is 22.7 Å². The van der Waals surface area contributed by atoms with Crippen LogP contribution in [0.5, 0.6) is 5.75 Å². The molecule has 0 aliphatic rings. The highest BCUT2D eigenvalue weighted by Crippen LogP contribution is 2.19. The predicted octanol–water partition coefficient (Wildman–Crippen LogP) is 3.71. The number of aromatic nitrogens is 2. The Morgan fingerprint density at radius 3 is 2.72 bits per heavy atom. The smallest absolute Gasteiger partial charge is 0.162 e. The molecule has 3 aromatic rings. The second kappa shape index (κ2) is 7.66. The molecule has 0 saturated carbocycles. The fraction of sp³-hybridized carbons (Fsp3) is 0.200. The van der Waals surface area contributed by atoms with Gasteiger partial charge in [0.05, 0.1) is 0 Å². The van der Waals surface area contributed by atoms with Crippen LogP contribution >= 0.6 is 0 Å². The zero-order chi connectivity index (χ0) is 17.6. The highest BCUT2D eigenvalue weighted by atomic mass is 16.6. The summed E-state index contributed by atoms with van der Waals surface area (Å²) in [5.74, 6) is 1.59. The summed E-state index contributed by atoms with van der Waals surface area (Å²) >= 11 is 0. The van der Waals surface area contributed by atoms with Gasteiger partial charge >= 0.3 is 0 Å². The Balaban J connectivity index is 1.92. The van der Waals surface area contributed by atoms with Gasteiger partial charge in [-0.2, -0.15) is 0 Å². The van der Waals surface area contributed by atoms with Gasteiger partial charge in [-0.15, -0.1) is 0 Å². The van der Waals surface area contributed by atoms with Crippen LogP contribution in [0.1, 0.15) is 22.5 Å². The fourth-order valence-electron chi connectivity index (χ4n) is 2.64. The van der Waals surface area contributed by atoms with Crippen LogP contribution in [0.2, 0.25) is 0 Å². The van der Waals surface area contributed by atoms with Gasteiger partial charge in [0.15, 0.2) is 11.5 Å². The van der Waals surface area contributed by atoms with Crippen LogP contribution < -0.4 is 4.74 Å². The number of ether oxygens (including phenoxy) is 1. The first kappa shape index (κ1) is 16.8. The van der Waals surface area contributed by atoms with E-state index in [4.69, 9.17) is 9.57 Å². The number of imidazole rings is 1. The molecular formula is C20H21N3O2. The Bertz CT molecular complexity index is 884. The molecule has 0 fully saturated rings. The molecule has 1 aromatic heterocycles. The minimum atomic E-state index is 0.437.